The van der Waals surface area contributed by atoms with E-state index in [1.54, 1.807) is 7.11 Å². The van der Waals surface area contributed by atoms with Gasteiger partial charge in [0.1, 0.15) is 11.4 Å². The Morgan fingerprint density at radius 3 is 2.53 bits per heavy atom. The number of hydrogen-bond donors (Lipinski definition) is 0. The van der Waals surface area contributed by atoms with Gasteiger partial charge in [-0.25, -0.2) is 0 Å². The Bertz CT molecular complexity index is 1170. The largest absolute Gasteiger partial charge is 0.497 e. The third-order valence-corrected chi connectivity index (χ3v) is 7.64. The van der Waals surface area contributed by atoms with Gasteiger partial charge in [0.15, 0.2) is 0 Å². The number of ether oxygens (including phenoxy) is 2. The summed E-state index contributed by atoms with van der Waals surface area (Å²) in [6, 6.07) is 17.8. The maximum absolute atomic E-state index is 13.9. The molecule has 0 spiro atoms. The molecular weight excluding hydrogens is 480 g/mol. The first-order valence-electron chi connectivity index (χ1n) is 13.7. The number of anilines is 1. The van der Waals surface area contributed by atoms with E-state index in [0.717, 1.165) is 80.7 Å². The molecule has 0 N–H and O–H groups in total. The highest BCUT2D eigenvalue weighted by Gasteiger charge is 2.30. The number of morpholine rings is 1. The van der Waals surface area contributed by atoms with Crippen LogP contribution in [0.1, 0.15) is 42.1 Å². The van der Waals surface area contributed by atoms with Crippen LogP contribution in [-0.2, 0) is 11.3 Å². The zero-order valence-electron chi connectivity index (χ0n) is 22.5. The number of carbonyl (C=O) groups excluding carboxylic acids is 1. The van der Waals surface area contributed by atoms with Gasteiger partial charge in [0.2, 0.25) is 5.88 Å². The molecule has 3 aromatic rings. The van der Waals surface area contributed by atoms with Crippen LogP contribution in [-0.4, -0.2) is 80.0 Å². The molecule has 0 aliphatic carbocycles. The molecule has 3 heterocycles. The fraction of sp³-hybridized carbons (Fsp3) is 0.467. The molecule has 8 heteroatoms. The van der Waals surface area contributed by atoms with Crippen LogP contribution in [0.3, 0.4) is 0 Å². The average Bonchev–Trinajstić information content (AvgIpc) is 3.39. The second-order valence-electron chi connectivity index (χ2n) is 10.1. The van der Waals surface area contributed by atoms with Crippen LogP contribution in [0.25, 0.3) is 11.3 Å². The highest BCUT2D eigenvalue weighted by Crippen LogP contribution is 2.35. The van der Waals surface area contributed by atoms with Gasteiger partial charge in [0.05, 0.1) is 32.4 Å². The second-order valence-corrected chi connectivity index (χ2v) is 10.1. The number of nitrogens with zero attached hydrogens (tertiary/aromatic N) is 4. The van der Waals surface area contributed by atoms with Gasteiger partial charge in [-0.2, -0.15) is 0 Å². The van der Waals surface area contributed by atoms with Crippen molar-refractivity contribution in [1.82, 2.24) is 15.0 Å². The third kappa shape index (κ3) is 6.03. The summed E-state index contributed by atoms with van der Waals surface area (Å²) in [5, 5.41) is 4.56. The van der Waals surface area contributed by atoms with Crippen molar-refractivity contribution in [3.05, 3.63) is 65.7 Å². The predicted octanol–water partition coefficient (Wildman–Crippen LogP) is 4.70. The Balaban J connectivity index is 1.48. The van der Waals surface area contributed by atoms with Crippen LogP contribution in [0.15, 0.2) is 59.1 Å². The van der Waals surface area contributed by atoms with Crippen LogP contribution in [0.4, 0.5) is 5.88 Å². The SMILES string of the molecule is COc1ccc(C(=O)N(CCN2CCOCC2)Cc2c(-c3ccccc3)noc2N2CCCC[C@H]2C)cc1. The number of hydrogen-bond acceptors (Lipinski definition) is 7. The van der Waals surface area contributed by atoms with Crippen LogP contribution < -0.4 is 9.64 Å². The minimum absolute atomic E-state index is 0.0150. The molecule has 2 aromatic carbocycles. The van der Waals surface area contributed by atoms with Crippen molar-refractivity contribution < 1.29 is 18.8 Å². The minimum atomic E-state index is -0.0150. The van der Waals surface area contributed by atoms with Crippen molar-refractivity contribution in [3.8, 4) is 17.0 Å². The molecule has 202 valence electrons. The summed E-state index contributed by atoms with van der Waals surface area (Å²) in [7, 11) is 1.63. The van der Waals surface area contributed by atoms with Gasteiger partial charge in [-0.3, -0.25) is 9.69 Å². The molecule has 1 atom stereocenters. The summed E-state index contributed by atoms with van der Waals surface area (Å²) in [6.45, 7) is 8.19. The van der Waals surface area contributed by atoms with Gasteiger partial charge in [-0.05, 0) is 50.5 Å². The van der Waals surface area contributed by atoms with Crippen LogP contribution in [0, 0.1) is 0 Å². The highest BCUT2D eigenvalue weighted by atomic mass is 16.5. The summed E-state index contributed by atoms with van der Waals surface area (Å²) in [4.78, 5) is 20.5. The Morgan fingerprint density at radius 1 is 1.05 bits per heavy atom. The first kappa shape index (κ1) is 26.3. The van der Waals surface area contributed by atoms with Gasteiger partial charge >= 0.3 is 0 Å². The summed E-state index contributed by atoms with van der Waals surface area (Å²) < 4.78 is 16.9. The number of methoxy groups -OCH3 is 1. The lowest BCUT2D eigenvalue weighted by Crippen LogP contribution is -2.43. The van der Waals surface area contributed by atoms with Gasteiger partial charge in [0, 0.05) is 49.9 Å². The van der Waals surface area contributed by atoms with Gasteiger partial charge < -0.3 is 23.8 Å². The van der Waals surface area contributed by atoms with E-state index in [2.05, 4.69) is 21.9 Å². The average molecular weight is 519 g/mol. The standard InChI is InChI=1S/C30H38N4O4/c1-23-8-6-7-15-34(23)30-27(28(31-38-30)24-9-4-3-5-10-24)22-33(17-16-32-18-20-37-21-19-32)29(35)25-11-13-26(36-2)14-12-25/h3-5,9-14,23H,6-8,15-22H2,1-2H3/t23-/m1/s1. The van der Waals surface area contributed by atoms with E-state index in [1.807, 2.05) is 59.5 Å². The maximum Gasteiger partial charge on any atom is 0.254 e. The van der Waals surface area contributed by atoms with Crippen molar-refractivity contribution in [3.63, 3.8) is 0 Å². The van der Waals surface area contributed by atoms with Crippen molar-refractivity contribution in [2.24, 2.45) is 0 Å². The molecule has 2 saturated heterocycles. The van der Waals surface area contributed by atoms with E-state index >= 15 is 0 Å². The number of amides is 1. The van der Waals surface area contributed by atoms with E-state index in [9.17, 15) is 4.79 Å². The normalized spacial score (nSPS) is 18.4. The van der Waals surface area contributed by atoms with Gasteiger partial charge in [-0.1, -0.05) is 35.5 Å². The molecule has 1 amide bonds. The lowest BCUT2D eigenvalue weighted by atomic mass is 10.0. The van der Waals surface area contributed by atoms with E-state index in [-0.39, 0.29) is 5.91 Å². The molecule has 2 aliphatic rings. The topological polar surface area (TPSA) is 71.3 Å². The molecule has 38 heavy (non-hydrogen) atoms. The van der Waals surface area contributed by atoms with E-state index in [4.69, 9.17) is 14.0 Å². The monoisotopic (exact) mass is 518 g/mol. The maximum atomic E-state index is 13.9. The Kier molecular flexibility index (Phi) is 8.61. The smallest absolute Gasteiger partial charge is 0.254 e. The molecular formula is C30H38N4O4. The fourth-order valence-electron chi connectivity index (χ4n) is 5.34. The summed E-state index contributed by atoms with van der Waals surface area (Å²) in [6.07, 6.45) is 3.46. The lowest BCUT2D eigenvalue weighted by molar-refractivity contribution is 0.0320. The van der Waals surface area contributed by atoms with Crippen molar-refractivity contribution in [2.75, 3.05) is 57.9 Å². The molecule has 0 radical (unpaired) electrons. The number of piperidine rings is 1. The highest BCUT2D eigenvalue weighted by molar-refractivity contribution is 5.94. The summed E-state index contributed by atoms with van der Waals surface area (Å²) in [5.74, 6) is 1.50. The first-order chi connectivity index (χ1) is 18.6. The Hall–Kier alpha value is -3.36. The molecule has 0 bridgehead atoms. The third-order valence-electron chi connectivity index (χ3n) is 7.64. The minimum Gasteiger partial charge on any atom is -0.497 e. The van der Waals surface area contributed by atoms with Crippen LogP contribution in [0.5, 0.6) is 5.75 Å². The predicted molar refractivity (Wildman–Crippen MR) is 148 cm³/mol. The first-order valence-corrected chi connectivity index (χ1v) is 13.7. The second kappa shape index (κ2) is 12.5. The molecule has 8 nitrogen and oxygen atoms in total. The van der Waals surface area contributed by atoms with Crippen molar-refractivity contribution in [1.29, 1.82) is 0 Å². The van der Waals surface area contributed by atoms with Crippen LogP contribution in [0.2, 0.25) is 0 Å². The summed E-state index contributed by atoms with van der Waals surface area (Å²) >= 11 is 0. The molecule has 2 fully saturated rings. The van der Waals surface area contributed by atoms with Gasteiger partial charge in [-0.15, -0.1) is 0 Å². The summed E-state index contributed by atoms with van der Waals surface area (Å²) in [5.41, 5.74) is 3.40. The van der Waals surface area contributed by atoms with Crippen molar-refractivity contribution >= 4 is 11.8 Å². The molecule has 2 aliphatic heterocycles. The quantitative estimate of drug-likeness (QED) is 0.407. The van der Waals surface area contributed by atoms with Crippen LogP contribution >= 0.6 is 0 Å². The molecule has 1 aromatic heterocycles. The Labute approximate surface area is 225 Å². The molecule has 0 unspecified atom stereocenters. The lowest BCUT2D eigenvalue weighted by Gasteiger charge is -2.34. The van der Waals surface area contributed by atoms with Crippen molar-refractivity contribution in [2.45, 2.75) is 38.8 Å². The van der Waals surface area contributed by atoms with E-state index < -0.39 is 0 Å². The number of aromatic nitrogens is 1. The fourth-order valence-corrected chi connectivity index (χ4v) is 5.34. The molecule has 5 rings (SSSR count). The van der Waals surface area contributed by atoms with Gasteiger partial charge in [0.25, 0.3) is 5.91 Å². The number of carbonyl (C=O) groups is 1. The Morgan fingerprint density at radius 2 is 1.82 bits per heavy atom. The number of rotatable bonds is 9. The van der Waals surface area contributed by atoms with E-state index in [0.29, 0.717) is 24.7 Å². The zero-order chi connectivity index (χ0) is 26.3. The van der Waals surface area contributed by atoms with E-state index in [1.165, 1.54) is 6.42 Å². The number of benzene rings is 2. The molecule has 0 saturated carbocycles. The zero-order valence-corrected chi connectivity index (χ0v) is 22.5.